The van der Waals surface area contributed by atoms with Crippen molar-refractivity contribution >= 4 is 5.78 Å². The molecular weight excluding hydrogens is 484 g/mol. The van der Waals surface area contributed by atoms with E-state index in [2.05, 4.69) is 27.7 Å². The lowest BCUT2D eigenvalue weighted by atomic mass is 9.91. The van der Waals surface area contributed by atoms with Gasteiger partial charge in [-0.25, -0.2) is 0 Å². The fraction of sp³-hybridized carbons (Fsp3) is 0.741. The maximum atomic E-state index is 12.4. The molecule has 0 aliphatic heterocycles. The van der Waals surface area contributed by atoms with Gasteiger partial charge >= 0.3 is 18.0 Å². The molecular formula is C27H44F6NO2+. The van der Waals surface area contributed by atoms with Gasteiger partial charge in [0.15, 0.2) is 0 Å². The number of aliphatic hydroxyl groups is 1. The van der Waals surface area contributed by atoms with Gasteiger partial charge in [0, 0.05) is 5.56 Å². The standard InChI is InChI=1S/C16H36N.C11H8F6O2/c1-5-9-13-17(14-10-6-2,15-11-7-3)16-12-8-4;1-6-2-4-7(5-3-6)8(18)9(19,10(12,13)14)11(15,16)17/h5-16H2,1-4H3;2-5,19H,1H3/q+1;. The third-order valence-corrected chi connectivity index (χ3v) is 6.41. The zero-order valence-electron chi connectivity index (χ0n) is 22.4. The molecule has 0 aliphatic carbocycles. The number of rotatable bonds is 14. The van der Waals surface area contributed by atoms with E-state index < -0.39 is 29.3 Å². The van der Waals surface area contributed by atoms with Crippen molar-refractivity contribution in [2.24, 2.45) is 0 Å². The van der Waals surface area contributed by atoms with Crippen LogP contribution in [0.15, 0.2) is 24.3 Å². The van der Waals surface area contributed by atoms with Crippen LogP contribution in [0.4, 0.5) is 26.3 Å². The number of carbonyl (C=O) groups is 1. The Morgan fingerprint density at radius 1 is 0.694 bits per heavy atom. The van der Waals surface area contributed by atoms with Crippen LogP contribution in [-0.2, 0) is 0 Å². The summed E-state index contributed by atoms with van der Waals surface area (Å²) in [5, 5.41) is 8.88. The number of hydrogen-bond donors (Lipinski definition) is 1. The number of hydrogen-bond acceptors (Lipinski definition) is 2. The van der Waals surface area contributed by atoms with E-state index in [1.165, 1.54) is 101 Å². The van der Waals surface area contributed by atoms with Crippen molar-refractivity contribution in [2.45, 2.75) is 104 Å². The second-order valence-electron chi connectivity index (χ2n) is 9.55. The number of halogens is 6. The summed E-state index contributed by atoms with van der Waals surface area (Å²) in [6, 6.07) is 3.92. The second kappa shape index (κ2) is 15.6. The van der Waals surface area contributed by atoms with Crippen molar-refractivity contribution in [3.8, 4) is 0 Å². The highest BCUT2D eigenvalue weighted by Crippen LogP contribution is 2.44. The molecule has 1 aromatic carbocycles. The number of aryl methyl sites for hydroxylation is 1. The van der Waals surface area contributed by atoms with E-state index in [-0.39, 0.29) is 0 Å². The molecule has 0 saturated carbocycles. The first-order chi connectivity index (χ1) is 16.7. The number of benzene rings is 1. The molecule has 0 atom stereocenters. The fourth-order valence-electron chi connectivity index (χ4n) is 3.98. The smallest absolute Gasteiger partial charge is 0.367 e. The predicted molar refractivity (Wildman–Crippen MR) is 132 cm³/mol. The summed E-state index contributed by atoms with van der Waals surface area (Å²) in [5.74, 6) is -2.45. The Bertz CT molecular complexity index is 693. The minimum atomic E-state index is -6.16. The van der Waals surface area contributed by atoms with Gasteiger partial charge in [0.2, 0.25) is 5.78 Å². The summed E-state index contributed by atoms with van der Waals surface area (Å²) in [7, 11) is 0. The Hall–Kier alpha value is -1.61. The SMILES string of the molecule is CCCC[N+](CCCC)(CCCC)CCCC.Cc1ccc(C(=O)C(O)(C(F)(F)F)C(F)(F)F)cc1. The van der Waals surface area contributed by atoms with Crippen LogP contribution in [0.3, 0.4) is 0 Å². The minimum absolute atomic E-state index is 0.541. The largest absolute Gasteiger partial charge is 0.434 e. The minimum Gasteiger partial charge on any atom is -0.367 e. The summed E-state index contributed by atoms with van der Waals surface area (Å²) in [5.41, 5.74) is -5.74. The average molecular weight is 529 g/mol. The van der Waals surface area contributed by atoms with Gasteiger partial charge in [-0.15, -0.1) is 0 Å². The molecule has 0 unspecified atom stereocenters. The Morgan fingerprint density at radius 3 is 1.25 bits per heavy atom. The topological polar surface area (TPSA) is 37.3 Å². The van der Waals surface area contributed by atoms with E-state index in [4.69, 9.17) is 5.11 Å². The van der Waals surface area contributed by atoms with Crippen LogP contribution < -0.4 is 0 Å². The molecule has 0 fully saturated rings. The number of unbranched alkanes of at least 4 members (excludes halogenated alkanes) is 4. The molecule has 1 rings (SSSR count). The van der Waals surface area contributed by atoms with Gasteiger partial charge in [0.05, 0.1) is 26.2 Å². The maximum Gasteiger partial charge on any atom is 0.434 e. The van der Waals surface area contributed by atoms with Crippen LogP contribution in [0.25, 0.3) is 0 Å². The van der Waals surface area contributed by atoms with Gasteiger partial charge in [-0.05, 0) is 32.6 Å². The summed E-state index contributed by atoms with van der Waals surface area (Å²) in [6.45, 7) is 16.6. The van der Waals surface area contributed by atoms with Crippen molar-refractivity contribution < 1.29 is 40.7 Å². The van der Waals surface area contributed by atoms with Crippen molar-refractivity contribution in [3.05, 3.63) is 35.4 Å². The van der Waals surface area contributed by atoms with Crippen molar-refractivity contribution in [1.29, 1.82) is 0 Å². The number of Topliss-reactive ketones (excluding diaryl/α,β-unsaturated/α-hetero) is 1. The van der Waals surface area contributed by atoms with Crippen LogP contribution in [0.2, 0.25) is 0 Å². The van der Waals surface area contributed by atoms with E-state index in [1.807, 2.05) is 0 Å². The highest BCUT2D eigenvalue weighted by Gasteiger charge is 2.75. The highest BCUT2D eigenvalue weighted by atomic mass is 19.4. The van der Waals surface area contributed by atoms with Crippen LogP contribution in [0, 0.1) is 6.92 Å². The molecule has 0 saturated heterocycles. The molecule has 0 radical (unpaired) electrons. The number of quaternary nitrogens is 1. The van der Waals surface area contributed by atoms with Gasteiger partial charge in [-0.2, -0.15) is 26.3 Å². The Labute approximate surface area is 212 Å². The van der Waals surface area contributed by atoms with Crippen LogP contribution >= 0.6 is 0 Å². The van der Waals surface area contributed by atoms with E-state index in [1.54, 1.807) is 0 Å². The van der Waals surface area contributed by atoms with E-state index >= 15 is 0 Å². The fourth-order valence-corrected chi connectivity index (χ4v) is 3.98. The van der Waals surface area contributed by atoms with E-state index in [0.717, 1.165) is 12.1 Å². The molecule has 0 heterocycles. The zero-order valence-corrected chi connectivity index (χ0v) is 22.4. The molecule has 9 heteroatoms. The quantitative estimate of drug-likeness (QED) is 0.151. The lowest BCUT2D eigenvalue weighted by Crippen LogP contribution is -2.62. The number of alkyl halides is 6. The first-order valence-corrected chi connectivity index (χ1v) is 13.0. The molecule has 210 valence electrons. The Morgan fingerprint density at radius 2 is 1.00 bits per heavy atom. The van der Waals surface area contributed by atoms with E-state index in [9.17, 15) is 31.1 Å². The zero-order chi connectivity index (χ0) is 28.0. The number of nitrogens with zero attached hydrogens (tertiary/aromatic N) is 1. The monoisotopic (exact) mass is 528 g/mol. The van der Waals surface area contributed by atoms with Gasteiger partial charge in [0.1, 0.15) is 0 Å². The summed E-state index contributed by atoms with van der Waals surface area (Å²) >= 11 is 0. The summed E-state index contributed by atoms with van der Waals surface area (Å²) in [6.07, 6.45) is -1.26. The Balaban J connectivity index is 0.000000686. The van der Waals surface area contributed by atoms with Crippen molar-refractivity contribution in [3.63, 3.8) is 0 Å². The predicted octanol–water partition coefficient (Wildman–Crippen LogP) is 8.04. The molecule has 0 amide bonds. The highest BCUT2D eigenvalue weighted by molar-refractivity contribution is 6.03. The lowest BCUT2D eigenvalue weighted by Gasteiger charge is -2.39. The van der Waals surface area contributed by atoms with Gasteiger partial charge in [-0.3, -0.25) is 4.79 Å². The molecule has 36 heavy (non-hydrogen) atoms. The third kappa shape index (κ3) is 10.0. The molecule has 1 N–H and O–H groups in total. The van der Waals surface area contributed by atoms with Gasteiger partial charge in [0.25, 0.3) is 0 Å². The van der Waals surface area contributed by atoms with Gasteiger partial charge in [-0.1, -0.05) is 83.2 Å². The molecule has 0 spiro atoms. The van der Waals surface area contributed by atoms with E-state index in [0.29, 0.717) is 5.56 Å². The molecule has 0 aliphatic rings. The first-order valence-electron chi connectivity index (χ1n) is 13.0. The van der Waals surface area contributed by atoms with Crippen molar-refractivity contribution in [1.82, 2.24) is 0 Å². The second-order valence-corrected chi connectivity index (χ2v) is 9.55. The lowest BCUT2D eigenvalue weighted by molar-refractivity contribution is -0.929. The van der Waals surface area contributed by atoms with Crippen LogP contribution in [-0.4, -0.2) is 59.5 Å². The maximum absolute atomic E-state index is 12.4. The molecule has 3 nitrogen and oxygen atoms in total. The average Bonchev–Trinajstić information content (AvgIpc) is 2.81. The van der Waals surface area contributed by atoms with Crippen LogP contribution in [0.5, 0.6) is 0 Å². The van der Waals surface area contributed by atoms with Crippen molar-refractivity contribution in [2.75, 3.05) is 26.2 Å². The molecule has 0 bridgehead atoms. The van der Waals surface area contributed by atoms with Crippen LogP contribution in [0.1, 0.15) is 95.0 Å². The summed E-state index contributed by atoms with van der Waals surface area (Å²) < 4.78 is 76.0. The first kappa shape index (κ1) is 34.4. The number of carbonyl (C=O) groups excluding carboxylic acids is 1. The third-order valence-electron chi connectivity index (χ3n) is 6.41. The normalized spacial score (nSPS) is 12.8. The number of ketones is 1. The molecule has 0 aromatic heterocycles. The van der Waals surface area contributed by atoms with Gasteiger partial charge < -0.3 is 9.59 Å². The summed E-state index contributed by atoms with van der Waals surface area (Å²) in [4.78, 5) is 11.4. The Kier molecular flexibility index (Phi) is 14.9. The molecule has 1 aromatic rings.